The maximum atomic E-state index is 13.0. The van der Waals surface area contributed by atoms with Crippen LogP contribution in [0.2, 0.25) is 0 Å². The molecule has 1 unspecified atom stereocenters. The summed E-state index contributed by atoms with van der Waals surface area (Å²) in [7, 11) is 0. The first-order chi connectivity index (χ1) is 15.9. The van der Waals surface area contributed by atoms with Crippen LogP contribution < -0.4 is 15.4 Å². The van der Waals surface area contributed by atoms with E-state index in [-0.39, 0.29) is 31.0 Å². The van der Waals surface area contributed by atoms with Gasteiger partial charge in [-0.3, -0.25) is 14.5 Å². The fourth-order valence-electron chi connectivity index (χ4n) is 4.18. The zero-order valence-electron chi connectivity index (χ0n) is 20.0. The van der Waals surface area contributed by atoms with Crippen LogP contribution in [0, 0.1) is 0 Å². The molecular weight excluding hydrogens is 422 g/mol. The number of aliphatic hydroxyl groups excluding tert-OH is 1. The number of allylic oxidation sites excluding steroid dienone is 1. The van der Waals surface area contributed by atoms with Gasteiger partial charge in [0.2, 0.25) is 0 Å². The highest BCUT2D eigenvalue weighted by Gasteiger charge is 2.37. The maximum Gasteiger partial charge on any atom is 0.276 e. The van der Waals surface area contributed by atoms with E-state index in [9.17, 15) is 14.7 Å². The molecule has 2 heterocycles. The average Bonchev–Trinajstić information content (AvgIpc) is 3.10. The highest BCUT2D eigenvalue weighted by Crippen LogP contribution is 2.29. The molecule has 0 radical (unpaired) electrons. The molecule has 9 nitrogen and oxygen atoms in total. The second-order valence-electron chi connectivity index (χ2n) is 8.24. The van der Waals surface area contributed by atoms with Crippen LogP contribution in [0.25, 0.3) is 0 Å². The summed E-state index contributed by atoms with van der Waals surface area (Å²) >= 11 is 0. The summed E-state index contributed by atoms with van der Waals surface area (Å²) in [5.41, 5.74) is 2.38. The van der Waals surface area contributed by atoms with Crippen LogP contribution in [-0.2, 0) is 4.79 Å². The first-order valence-corrected chi connectivity index (χ1v) is 11.7. The molecule has 0 aliphatic carbocycles. The van der Waals surface area contributed by atoms with E-state index < -0.39 is 0 Å². The molecule has 3 rings (SSSR count). The Kier molecular flexibility index (Phi) is 8.46. The van der Waals surface area contributed by atoms with Gasteiger partial charge in [-0.2, -0.15) is 5.10 Å². The third-order valence-corrected chi connectivity index (χ3v) is 5.66. The van der Waals surface area contributed by atoms with Crippen molar-refractivity contribution in [2.75, 3.05) is 32.8 Å². The Bertz CT molecular complexity index is 937. The maximum absolute atomic E-state index is 13.0. The lowest BCUT2D eigenvalue weighted by Crippen LogP contribution is -2.46. The summed E-state index contributed by atoms with van der Waals surface area (Å²) in [6.07, 6.45) is 2.58. The molecule has 0 saturated carbocycles. The van der Waals surface area contributed by atoms with E-state index in [0.29, 0.717) is 41.6 Å². The summed E-state index contributed by atoms with van der Waals surface area (Å²) in [4.78, 5) is 27.9. The number of aliphatic hydroxyl groups is 1. The Hall–Kier alpha value is -2.91. The highest BCUT2D eigenvalue weighted by atomic mass is 16.5. The molecule has 1 atom stereocenters. The standard InChI is InChI=1S/C24H35N5O4/c1-5-8-21-25-16(4)22-24(32)26-23(27-29(21)22)18-14-17(9-10-20(18)33-7-3)19(31)15-28(11-6-2)12-13-30/h9-10,14,21,25,30H,5-8,11-13,15H2,1-4H3,(H,26,27,32). The van der Waals surface area contributed by atoms with Gasteiger partial charge in [0.25, 0.3) is 5.91 Å². The normalized spacial score (nSPS) is 17.6. The topological polar surface area (TPSA) is 106 Å². The number of nitrogens with one attached hydrogen (secondary N) is 2. The van der Waals surface area contributed by atoms with Gasteiger partial charge in [0.05, 0.1) is 25.3 Å². The Balaban J connectivity index is 1.96. The van der Waals surface area contributed by atoms with Crippen molar-refractivity contribution in [2.45, 2.75) is 53.1 Å². The summed E-state index contributed by atoms with van der Waals surface area (Å²) in [5.74, 6) is 0.615. The Morgan fingerprint density at radius 3 is 2.70 bits per heavy atom. The lowest BCUT2D eigenvalue weighted by atomic mass is 10.0. The predicted octanol–water partition coefficient (Wildman–Crippen LogP) is 2.03. The van der Waals surface area contributed by atoms with Gasteiger partial charge in [-0.05, 0) is 51.4 Å². The van der Waals surface area contributed by atoms with Crippen molar-refractivity contribution in [3.63, 3.8) is 0 Å². The number of hydrazone groups is 1. The summed E-state index contributed by atoms with van der Waals surface area (Å²) < 4.78 is 5.79. The van der Waals surface area contributed by atoms with Crippen molar-refractivity contribution in [3.8, 4) is 5.75 Å². The van der Waals surface area contributed by atoms with Crippen LogP contribution in [0.15, 0.2) is 34.7 Å². The number of ether oxygens (including phenoxy) is 1. The largest absolute Gasteiger partial charge is 0.493 e. The molecule has 2 aliphatic rings. The minimum Gasteiger partial charge on any atom is -0.493 e. The predicted molar refractivity (Wildman–Crippen MR) is 127 cm³/mol. The molecule has 0 bridgehead atoms. The first kappa shape index (κ1) is 24.7. The highest BCUT2D eigenvalue weighted by molar-refractivity contribution is 6.16. The van der Waals surface area contributed by atoms with Crippen LogP contribution in [0.3, 0.4) is 0 Å². The number of carbonyl (C=O) groups is 2. The number of Topliss-reactive ketones (excluding diaryl/α,β-unsaturated/α-hetero) is 1. The van der Waals surface area contributed by atoms with Crippen molar-refractivity contribution in [1.29, 1.82) is 0 Å². The average molecular weight is 458 g/mol. The molecule has 2 aliphatic heterocycles. The van der Waals surface area contributed by atoms with E-state index in [0.717, 1.165) is 31.5 Å². The zero-order valence-corrected chi connectivity index (χ0v) is 20.0. The lowest BCUT2D eigenvalue weighted by Gasteiger charge is -2.29. The second-order valence-corrected chi connectivity index (χ2v) is 8.24. The number of fused-ring (bicyclic) bond motifs is 1. The van der Waals surface area contributed by atoms with Crippen LogP contribution in [0.5, 0.6) is 5.75 Å². The number of hydrogen-bond donors (Lipinski definition) is 3. The molecule has 0 fully saturated rings. The summed E-state index contributed by atoms with van der Waals surface area (Å²) in [6.45, 7) is 9.71. The first-order valence-electron chi connectivity index (χ1n) is 11.7. The van der Waals surface area contributed by atoms with E-state index in [1.807, 2.05) is 25.7 Å². The number of nitrogens with zero attached hydrogens (tertiary/aromatic N) is 3. The van der Waals surface area contributed by atoms with E-state index in [1.165, 1.54) is 0 Å². The van der Waals surface area contributed by atoms with E-state index in [4.69, 9.17) is 9.84 Å². The number of ketones is 1. The fraction of sp³-hybridized carbons (Fsp3) is 0.542. The number of hydrogen-bond acceptors (Lipinski definition) is 8. The molecule has 0 aromatic heterocycles. The summed E-state index contributed by atoms with van der Waals surface area (Å²) in [6, 6.07) is 5.21. The van der Waals surface area contributed by atoms with Crippen LogP contribution in [-0.4, -0.2) is 71.6 Å². The number of rotatable bonds is 12. The third kappa shape index (κ3) is 5.54. The number of amides is 1. The minimum absolute atomic E-state index is 0.00269. The van der Waals surface area contributed by atoms with Gasteiger partial charge in [-0.1, -0.05) is 20.3 Å². The van der Waals surface area contributed by atoms with Crippen molar-refractivity contribution in [3.05, 3.63) is 40.7 Å². The third-order valence-electron chi connectivity index (χ3n) is 5.66. The molecule has 0 saturated heterocycles. The molecule has 180 valence electrons. The number of amidine groups is 1. The fourth-order valence-corrected chi connectivity index (χ4v) is 4.18. The SMILES string of the molecule is CCCC1NC(C)=C2C(=O)NC(c3cc(C(=O)CN(CCC)CCO)ccc3OCC)=NN21. The van der Waals surface area contributed by atoms with Gasteiger partial charge in [0.15, 0.2) is 11.6 Å². The Morgan fingerprint density at radius 2 is 2.03 bits per heavy atom. The van der Waals surface area contributed by atoms with Gasteiger partial charge in [-0.25, -0.2) is 5.01 Å². The molecule has 0 spiro atoms. The van der Waals surface area contributed by atoms with E-state index in [2.05, 4.69) is 17.6 Å². The van der Waals surface area contributed by atoms with Crippen LogP contribution in [0.4, 0.5) is 0 Å². The minimum atomic E-state index is -0.236. The van der Waals surface area contributed by atoms with E-state index in [1.54, 1.807) is 23.2 Å². The lowest BCUT2D eigenvalue weighted by molar-refractivity contribution is -0.118. The van der Waals surface area contributed by atoms with Crippen molar-refractivity contribution >= 4 is 17.5 Å². The van der Waals surface area contributed by atoms with Crippen LogP contribution >= 0.6 is 0 Å². The van der Waals surface area contributed by atoms with Gasteiger partial charge >= 0.3 is 0 Å². The van der Waals surface area contributed by atoms with Crippen molar-refractivity contribution in [1.82, 2.24) is 20.5 Å². The second kappa shape index (κ2) is 11.3. The Morgan fingerprint density at radius 1 is 1.24 bits per heavy atom. The van der Waals surface area contributed by atoms with Crippen molar-refractivity contribution < 1.29 is 19.4 Å². The zero-order chi connectivity index (χ0) is 24.0. The molecule has 9 heteroatoms. The van der Waals surface area contributed by atoms with E-state index >= 15 is 0 Å². The molecule has 3 N–H and O–H groups in total. The number of benzene rings is 1. The molecule has 1 amide bonds. The quantitative estimate of drug-likeness (QED) is 0.412. The van der Waals surface area contributed by atoms with Gasteiger partial charge in [0, 0.05) is 17.8 Å². The van der Waals surface area contributed by atoms with Gasteiger partial charge in [-0.15, -0.1) is 0 Å². The molecular formula is C24H35N5O4. The van der Waals surface area contributed by atoms with Crippen LogP contribution in [0.1, 0.15) is 62.9 Å². The summed E-state index contributed by atoms with van der Waals surface area (Å²) in [5, 5.41) is 22.0. The smallest absolute Gasteiger partial charge is 0.276 e. The van der Waals surface area contributed by atoms with Gasteiger partial charge < -0.3 is 20.5 Å². The molecule has 1 aromatic rings. The monoisotopic (exact) mass is 457 g/mol. The Labute approximate surface area is 195 Å². The molecule has 33 heavy (non-hydrogen) atoms. The number of carbonyl (C=O) groups excluding carboxylic acids is 2. The van der Waals surface area contributed by atoms with Gasteiger partial charge in [0.1, 0.15) is 17.6 Å². The molecule has 1 aromatic carbocycles. The van der Waals surface area contributed by atoms with Crippen molar-refractivity contribution in [2.24, 2.45) is 5.10 Å².